The molecule has 2 aromatic rings. The van der Waals surface area contributed by atoms with Gasteiger partial charge < -0.3 is 35.9 Å². The van der Waals surface area contributed by atoms with E-state index < -0.39 is 72.7 Å². The van der Waals surface area contributed by atoms with Gasteiger partial charge in [-0.2, -0.15) is 0 Å². The number of amides is 2. The second kappa shape index (κ2) is 25.0. The molecule has 1 heterocycles. The Hall–Kier alpha value is -4.57. The van der Waals surface area contributed by atoms with Crippen LogP contribution in [0.4, 0.5) is 0 Å². The first-order valence-electron chi connectivity index (χ1n) is 25.5. The third-order valence-electron chi connectivity index (χ3n) is 15.4. The standard InChI is InChI=1S/C54H78BN3O11/c1-8-9-13-36-17-19-37(20-18-36)38-21-23-39(24-22-38)44(61)16-12-15-42(60)30-40(14-10-11-27-56)52(67)58-50(35(4)59)46(63)28-33(2)51(66)57-43(25-26-49(64)65)45(62)29-34(3)55-68-48-32-41-31-47(53(41,5)6)54(48,7)69-55/h17-24,33-35,40-41,43,47-48,50,59H,8-16,25-32,56H2,1-7H3,(H,57,66)(H,58,67)(H,64,65)/t33-,34-,35?,40-,41+,43+,47+,48?,50+,54+/m1/s1. The van der Waals surface area contributed by atoms with Crippen molar-refractivity contribution in [2.24, 2.45) is 34.8 Å². The van der Waals surface area contributed by atoms with Gasteiger partial charge in [0.25, 0.3) is 0 Å². The third-order valence-corrected chi connectivity index (χ3v) is 15.4. The van der Waals surface area contributed by atoms with Crippen molar-refractivity contribution in [1.29, 1.82) is 0 Å². The second-order valence-corrected chi connectivity index (χ2v) is 21.2. The van der Waals surface area contributed by atoms with Crippen molar-refractivity contribution in [3.05, 3.63) is 59.7 Å². The first-order valence-corrected chi connectivity index (χ1v) is 25.5. The minimum absolute atomic E-state index is 0.0318. The Balaban J connectivity index is 1.11. The average molecular weight is 956 g/mol. The second-order valence-electron chi connectivity index (χ2n) is 21.2. The summed E-state index contributed by atoms with van der Waals surface area (Å²) >= 11 is 0. The van der Waals surface area contributed by atoms with E-state index in [0.29, 0.717) is 49.6 Å². The molecular formula is C54H78BN3O11. The lowest BCUT2D eigenvalue weighted by Gasteiger charge is -2.64. The van der Waals surface area contributed by atoms with Gasteiger partial charge in [-0.3, -0.25) is 33.6 Å². The number of carboxylic acids is 1. The monoisotopic (exact) mass is 956 g/mol. The molecule has 2 amide bonds. The molecule has 3 saturated carbocycles. The van der Waals surface area contributed by atoms with Gasteiger partial charge >= 0.3 is 13.1 Å². The summed E-state index contributed by atoms with van der Waals surface area (Å²) in [5.74, 6) is -5.03. The number of unbranched alkanes of at least 4 members (excludes halogenated alkanes) is 2. The maximum absolute atomic E-state index is 13.7. The van der Waals surface area contributed by atoms with E-state index in [4.69, 9.17) is 15.0 Å². The van der Waals surface area contributed by atoms with Crippen molar-refractivity contribution in [1.82, 2.24) is 10.6 Å². The van der Waals surface area contributed by atoms with Gasteiger partial charge in [0.2, 0.25) is 11.8 Å². The summed E-state index contributed by atoms with van der Waals surface area (Å²) in [5.41, 5.74) is 9.32. The van der Waals surface area contributed by atoms with Crippen LogP contribution in [0.15, 0.2) is 48.5 Å². The number of aliphatic hydroxyl groups is 1. The number of aliphatic carboxylic acids is 1. The van der Waals surface area contributed by atoms with Gasteiger partial charge in [-0.15, -0.1) is 0 Å². The number of nitrogens with one attached hydrogen (secondary N) is 2. The van der Waals surface area contributed by atoms with Gasteiger partial charge in [0.15, 0.2) is 17.3 Å². The zero-order valence-corrected chi connectivity index (χ0v) is 42.1. The number of Topliss-reactive ketones (excluding diaryl/α,β-unsaturated/α-hetero) is 4. The molecule has 3 aliphatic carbocycles. The van der Waals surface area contributed by atoms with Gasteiger partial charge in [-0.05, 0) is 112 Å². The van der Waals surface area contributed by atoms with Crippen LogP contribution in [0.1, 0.15) is 161 Å². The highest BCUT2D eigenvalue weighted by molar-refractivity contribution is 6.47. The fraction of sp³-hybridized carbons (Fsp3) is 0.648. The summed E-state index contributed by atoms with van der Waals surface area (Å²) in [6.45, 7) is 13.8. The number of carbonyl (C=O) groups is 7. The number of carbonyl (C=O) groups excluding carboxylic acids is 6. The molecule has 1 saturated heterocycles. The Morgan fingerprint density at radius 1 is 0.783 bits per heavy atom. The quantitative estimate of drug-likeness (QED) is 0.0289. The molecule has 378 valence electrons. The summed E-state index contributed by atoms with van der Waals surface area (Å²) < 4.78 is 12.9. The molecule has 15 heteroatoms. The molecule has 0 radical (unpaired) electrons. The molecule has 4 aliphatic rings. The highest BCUT2D eigenvalue weighted by Gasteiger charge is 2.68. The number of aryl methyl sites for hydroxylation is 1. The number of hydrogen-bond donors (Lipinski definition) is 5. The van der Waals surface area contributed by atoms with Gasteiger partial charge in [0.1, 0.15) is 11.8 Å². The Morgan fingerprint density at radius 3 is 2.06 bits per heavy atom. The first-order chi connectivity index (χ1) is 32.7. The van der Waals surface area contributed by atoms with Crippen molar-refractivity contribution < 1.29 is 53.1 Å². The minimum atomic E-state index is -1.40. The molecule has 6 rings (SSSR count). The van der Waals surface area contributed by atoms with Crippen LogP contribution in [0.25, 0.3) is 11.1 Å². The van der Waals surface area contributed by atoms with Gasteiger partial charge in [-0.1, -0.05) is 96.0 Å². The van der Waals surface area contributed by atoms with Crippen LogP contribution in [0.3, 0.4) is 0 Å². The lowest BCUT2D eigenvalue weighted by Crippen LogP contribution is -2.65. The first kappa shape index (κ1) is 55.4. The molecule has 14 nitrogen and oxygen atoms in total. The molecule has 69 heavy (non-hydrogen) atoms. The predicted molar refractivity (Wildman–Crippen MR) is 265 cm³/mol. The van der Waals surface area contributed by atoms with E-state index in [0.717, 1.165) is 43.2 Å². The van der Waals surface area contributed by atoms with E-state index in [9.17, 15) is 43.8 Å². The molecule has 2 unspecified atom stereocenters. The SMILES string of the molecule is CCCCc1ccc(-c2ccc(C(=O)CCCC(=O)C[C@@H](CCCCN)C(=O)N[C@H](C(=O)C[C@@H](C)C(=O)N[C@@H](CCC(=O)O)C(=O)C[C@@H](C)B3OC4C[C@@H]5C[C@@H](C5(C)C)[C@]4(C)O3)C(C)O)cc2)cc1. The lowest BCUT2D eigenvalue weighted by molar-refractivity contribution is -0.199. The number of ketones is 4. The maximum Gasteiger partial charge on any atom is 0.461 e. The average Bonchev–Trinajstić information content (AvgIpc) is 3.68. The molecule has 6 N–H and O–H groups in total. The lowest BCUT2D eigenvalue weighted by atomic mass is 9.43. The maximum atomic E-state index is 13.7. The normalized spacial score (nSPS) is 22.7. The highest BCUT2D eigenvalue weighted by Crippen LogP contribution is 2.66. The zero-order valence-electron chi connectivity index (χ0n) is 42.1. The van der Waals surface area contributed by atoms with Crippen LogP contribution in [0, 0.1) is 29.1 Å². The summed E-state index contributed by atoms with van der Waals surface area (Å²) in [6, 6.07) is 13.3. The molecule has 2 bridgehead atoms. The summed E-state index contributed by atoms with van der Waals surface area (Å²) in [5, 5.41) is 25.5. The topological polar surface area (TPSA) is 228 Å². The van der Waals surface area contributed by atoms with Crippen LogP contribution in [0.5, 0.6) is 0 Å². The van der Waals surface area contributed by atoms with Crippen LogP contribution in [-0.2, 0) is 44.5 Å². The molecule has 10 atom stereocenters. The Labute approximate surface area is 409 Å². The highest BCUT2D eigenvalue weighted by atomic mass is 16.7. The van der Waals surface area contributed by atoms with Crippen LogP contribution in [0.2, 0.25) is 5.82 Å². The Kier molecular flexibility index (Phi) is 20.1. The molecule has 0 aromatic heterocycles. The van der Waals surface area contributed by atoms with Crippen LogP contribution >= 0.6 is 0 Å². The fourth-order valence-corrected chi connectivity index (χ4v) is 10.8. The van der Waals surface area contributed by atoms with Crippen molar-refractivity contribution in [2.75, 3.05) is 6.54 Å². The van der Waals surface area contributed by atoms with E-state index in [1.807, 2.05) is 19.1 Å². The van der Waals surface area contributed by atoms with E-state index in [2.05, 4.69) is 62.6 Å². The number of nitrogens with two attached hydrogens (primary N) is 1. The summed E-state index contributed by atoms with van der Waals surface area (Å²) in [4.78, 5) is 92.6. The molecule has 1 aliphatic heterocycles. The largest absolute Gasteiger partial charge is 0.481 e. The number of carboxylic acid groups (broad SMARTS) is 1. The van der Waals surface area contributed by atoms with E-state index >= 15 is 0 Å². The van der Waals surface area contributed by atoms with Gasteiger partial charge in [0.05, 0.1) is 23.9 Å². The van der Waals surface area contributed by atoms with E-state index in [1.165, 1.54) is 19.4 Å². The molecule has 0 spiro atoms. The van der Waals surface area contributed by atoms with Gasteiger partial charge in [-0.25, -0.2) is 0 Å². The van der Waals surface area contributed by atoms with Crippen LogP contribution < -0.4 is 16.4 Å². The van der Waals surface area contributed by atoms with Gasteiger partial charge in [0, 0.05) is 55.9 Å². The number of rotatable bonds is 30. The van der Waals surface area contributed by atoms with Crippen molar-refractivity contribution in [3.8, 4) is 11.1 Å². The summed E-state index contributed by atoms with van der Waals surface area (Å²) in [7, 11) is -0.632. The third kappa shape index (κ3) is 14.5. The predicted octanol–water partition coefficient (Wildman–Crippen LogP) is 7.64. The molecular weight excluding hydrogens is 877 g/mol. The van der Waals surface area contributed by atoms with Crippen molar-refractivity contribution in [3.63, 3.8) is 0 Å². The smallest absolute Gasteiger partial charge is 0.461 e. The van der Waals surface area contributed by atoms with E-state index in [-0.39, 0.29) is 73.2 Å². The number of aliphatic hydroxyl groups excluding tert-OH is 1. The van der Waals surface area contributed by atoms with E-state index in [1.54, 1.807) is 12.1 Å². The minimum Gasteiger partial charge on any atom is -0.481 e. The fourth-order valence-electron chi connectivity index (χ4n) is 10.8. The number of benzene rings is 2. The van der Waals surface area contributed by atoms with Crippen molar-refractivity contribution >= 4 is 48.0 Å². The molecule has 4 fully saturated rings. The summed E-state index contributed by atoms with van der Waals surface area (Å²) in [6.07, 6.45) is 4.78. The number of hydrogen-bond acceptors (Lipinski definition) is 11. The Morgan fingerprint density at radius 2 is 1.45 bits per heavy atom. The zero-order chi connectivity index (χ0) is 50.6. The van der Waals surface area contributed by atoms with Crippen LogP contribution in [-0.4, -0.2) is 94.7 Å². The Bertz CT molecular complexity index is 2110. The molecule has 2 aromatic carbocycles. The van der Waals surface area contributed by atoms with Crippen molar-refractivity contribution in [2.45, 2.75) is 187 Å².